The van der Waals surface area contributed by atoms with Crippen LogP contribution in [0, 0.1) is 23.7 Å². The molecule has 1 aromatic heterocycles. The summed E-state index contributed by atoms with van der Waals surface area (Å²) in [5.74, 6) is 1.08. The normalized spacial score (nSPS) is 28.1. The Bertz CT molecular complexity index is 1060. The molecule has 11 nitrogen and oxygen atoms in total. The first-order valence-corrected chi connectivity index (χ1v) is 13.4. The van der Waals surface area contributed by atoms with Crippen LogP contribution in [0.3, 0.4) is 0 Å². The van der Waals surface area contributed by atoms with E-state index in [4.69, 9.17) is 19.9 Å². The Labute approximate surface area is 223 Å². The molecule has 0 aliphatic heterocycles. The number of amides is 3. The smallest absolute Gasteiger partial charge is 0.405 e. The Kier molecular flexibility index (Phi) is 8.06. The van der Waals surface area contributed by atoms with E-state index in [-0.39, 0.29) is 42.2 Å². The summed E-state index contributed by atoms with van der Waals surface area (Å²) in [6, 6.07) is -0.00424. The van der Waals surface area contributed by atoms with Crippen molar-refractivity contribution >= 4 is 24.1 Å². The number of methoxy groups -OCH3 is 1. The third-order valence-corrected chi connectivity index (χ3v) is 7.75. The van der Waals surface area contributed by atoms with Gasteiger partial charge < -0.3 is 30.6 Å². The summed E-state index contributed by atoms with van der Waals surface area (Å²) in [7, 11) is 1.47. The van der Waals surface area contributed by atoms with E-state index in [2.05, 4.69) is 15.7 Å². The molecule has 2 atom stereocenters. The zero-order valence-corrected chi connectivity index (χ0v) is 23.0. The molecule has 3 amide bonds. The van der Waals surface area contributed by atoms with Gasteiger partial charge in [0.05, 0.1) is 18.3 Å². The van der Waals surface area contributed by atoms with Crippen molar-refractivity contribution in [2.75, 3.05) is 20.3 Å². The van der Waals surface area contributed by atoms with E-state index in [1.165, 1.54) is 18.0 Å². The van der Waals surface area contributed by atoms with Crippen molar-refractivity contribution in [2.45, 2.75) is 77.0 Å². The fraction of sp³-hybridized carbons (Fsp3) is 0.704. The van der Waals surface area contributed by atoms with Crippen molar-refractivity contribution < 1.29 is 28.6 Å². The molecule has 2 unspecified atom stereocenters. The zero-order valence-electron chi connectivity index (χ0n) is 23.0. The van der Waals surface area contributed by atoms with Crippen molar-refractivity contribution in [3.63, 3.8) is 0 Å². The van der Waals surface area contributed by atoms with Crippen molar-refractivity contribution in [1.29, 1.82) is 0 Å². The number of carbonyl (C=O) groups is 3. The highest BCUT2D eigenvalue weighted by Gasteiger charge is 2.57. The number of nitrogens with two attached hydrogens (primary N) is 1. The van der Waals surface area contributed by atoms with Crippen LogP contribution in [0.2, 0.25) is 0 Å². The number of nitrogens with one attached hydrogen (secondary N) is 2. The van der Waals surface area contributed by atoms with Crippen molar-refractivity contribution in [3.8, 4) is 5.88 Å². The molecule has 0 spiro atoms. The van der Waals surface area contributed by atoms with E-state index in [1.807, 2.05) is 27.7 Å². The summed E-state index contributed by atoms with van der Waals surface area (Å²) in [5.41, 5.74) is 4.56. The van der Waals surface area contributed by atoms with Crippen LogP contribution in [0.4, 0.5) is 4.79 Å². The van der Waals surface area contributed by atoms with E-state index in [0.717, 1.165) is 32.1 Å². The van der Waals surface area contributed by atoms with Gasteiger partial charge in [0.1, 0.15) is 17.8 Å². The van der Waals surface area contributed by atoms with E-state index in [0.29, 0.717) is 24.0 Å². The van der Waals surface area contributed by atoms with E-state index < -0.39 is 17.2 Å². The van der Waals surface area contributed by atoms with Gasteiger partial charge in [-0.15, -0.1) is 0 Å². The number of rotatable bonds is 11. The van der Waals surface area contributed by atoms with Gasteiger partial charge in [-0.3, -0.25) is 9.59 Å². The largest absolute Gasteiger partial charge is 0.477 e. The molecule has 11 heteroatoms. The average molecular weight is 532 g/mol. The summed E-state index contributed by atoms with van der Waals surface area (Å²) < 4.78 is 18.1. The molecular weight excluding hydrogens is 490 g/mol. The quantitative estimate of drug-likeness (QED) is 0.398. The van der Waals surface area contributed by atoms with Gasteiger partial charge in [-0.05, 0) is 75.7 Å². The molecule has 1 aromatic rings. The second kappa shape index (κ2) is 11.0. The molecule has 210 valence electrons. The fourth-order valence-electron chi connectivity index (χ4n) is 6.58. The molecule has 4 aliphatic carbocycles. The second-order valence-electron chi connectivity index (χ2n) is 12.1. The highest BCUT2D eigenvalue weighted by atomic mass is 16.6. The molecule has 1 heterocycles. The summed E-state index contributed by atoms with van der Waals surface area (Å²) in [6.45, 7) is 8.14. The molecule has 4 saturated carbocycles. The standard InChI is InChI=1S/C27H41N5O6/c1-16(2)14-37-24-20(13-29-32(24)7-6-26(3,4)31-21(33)15-36-5)23(34)30-22-18-8-17-9-19(22)12-27(10-17,11-18)38-25(28)35/h6-7,13,16-19,22H,8-12,14-15H2,1-5H3,(H2,28,35)(H,30,34)(H,31,33). The van der Waals surface area contributed by atoms with E-state index in [9.17, 15) is 14.4 Å². The van der Waals surface area contributed by atoms with Crippen molar-refractivity contribution in [3.05, 3.63) is 17.8 Å². The van der Waals surface area contributed by atoms with Crippen LogP contribution in [-0.4, -0.2) is 65.2 Å². The van der Waals surface area contributed by atoms with Gasteiger partial charge in [0, 0.05) is 19.4 Å². The highest BCUT2D eigenvalue weighted by molar-refractivity contribution is 5.96. The lowest BCUT2D eigenvalue weighted by Crippen LogP contribution is -2.63. The predicted molar refractivity (Wildman–Crippen MR) is 140 cm³/mol. The van der Waals surface area contributed by atoms with Crippen LogP contribution in [-0.2, 0) is 14.3 Å². The number of primary amides is 1. The molecule has 4 fully saturated rings. The number of hydrogen-bond acceptors (Lipinski definition) is 7. The van der Waals surface area contributed by atoms with Gasteiger partial charge in [-0.25, -0.2) is 9.48 Å². The molecule has 4 bridgehead atoms. The average Bonchev–Trinajstić information content (AvgIpc) is 3.20. The first-order valence-electron chi connectivity index (χ1n) is 13.4. The van der Waals surface area contributed by atoms with Gasteiger partial charge in [0.15, 0.2) is 0 Å². The lowest BCUT2D eigenvalue weighted by atomic mass is 9.52. The van der Waals surface area contributed by atoms with Crippen molar-refractivity contribution in [1.82, 2.24) is 20.4 Å². The first kappa shape index (κ1) is 27.9. The van der Waals surface area contributed by atoms with Gasteiger partial charge in [0.25, 0.3) is 5.91 Å². The Morgan fingerprint density at radius 1 is 1.24 bits per heavy atom. The van der Waals surface area contributed by atoms with Crippen LogP contribution < -0.4 is 21.1 Å². The number of ether oxygens (including phenoxy) is 3. The SMILES string of the molecule is COCC(=O)NC(C)(C)C=Cn1ncc(C(=O)NC2C3CC4CC2CC(OC(N)=O)(C4)C3)c1OCC(C)C. The Morgan fingerprint density at radius 3 is 2.53 bits per heavy atom. The Hall–Kier alpha value is -3.08. The maximum atomic E-state index is 13.5. The van der Waals surface area contributed by atoms with E-state index >= 15 is 0 Å². The van der Waals surface area contributed by atoms with Gasteiger partial charge in [-0.2, -0.15) is 5.10 Å². The number of aromatic nitrogens is 2. The lowest BCUT2D eigenvalue weighted by Gasteiger charge is -2.58. The minimum Gasteiger partial charge on any atom is -0.477 e. The first-order chi connectivity index (χ1) is 17.9. The molecule has 0 aromatic carbocycles. The molecule has 0 radical (unpaired) electrons. The zero-order chi connectivity index (χ0) is 27.7. The molecule has 5 rings (SSSR count). The Morgan fingerprint density at radius 2 is 1.92 bits per heavy atom. The summed E-state index contributed by atoms with van der Waals surface area (Å²) in [4.78, 5) is 37.1. The minimum absolute atomic E-state index is 0.00424. The van der Waals surface area contributed by atoms with Crippen LogP contribution >= 0.6 is 0 Å². The summed E-state index contributed by atoms with van der Waals surface area (Å²) in [6.07, 6.45) is 8.58. The third kappa shape index (κ3) is 6.31. The second-order valence-corrected chi connectivity index (χ2v) is 12.1. The number of hydrogen-bond donors (Lipinski definition) is 3. The van der Waals surface area contributed by atoms with Crippen LogP contribution in [0.15, 0.2) is 12.3 Å². The maximum absolute atomic E-state index is 13.5. The predicted octanol–water partition coefficient (Wildman–Crippen LogP) is 2.70. The molecular formula is C27H41N5O6. The van der Waals surface area contributed by atoms with Gasteiger partial charge in [0.2, 0.25) is 11.8 Å². The lowest BCUT2D eigenvalue weighted by molar-refractivity contribution is -0.137. The summed E-state index contributed by atoms with van der Waals surface area (Å²) >= 11 is 0. The van der Waals surface area contributed by atoms with Gasteiger partial charge in [-0.1, -0.05) is 13.8 Å². The van der Waals surface area contributed by atoms with Crippen molar-refractivity contribution in [2.24, 2.45) is 29.4 Å². The topological polar surface area (TPSA) is 147 Å². The number of nitrogens with zero attached hydrogens (tertiary/aromatic N) is 2. The van der Waals surface area contributed by atoms with Gasteiger partial charge >= 0.3 is 6.09 Å². The molecule has 38 heavy (non-hydrogen) atoms. The summed E-state index contributed by atoms with van der Waals surface area (Å²) in [5, 5.41) is 10.5. The number of carbonyl (C=O) groups excluding carboxylic acids is 3. The minimum atomic E-state index is -0.721. The van der Waals surface area contributed by atoms with Crippen LogP contribution in [0.1, 0.15) is 70.2 Å². The highest BCUT2D eigenvalue weighted by Crippen LogP contribution is 2.57. The third-order valence-electron chi connectivity index (χ3n) is 7.75. The maximum Gasteiger partial charge on any atom is 0.405 e. The monoisotopic (exact) mass is 531 g/mol. The molecule has 4 aliphatic rings. The molecule has 4 N–H and O–H groups in total. The van der Waals surface area contributed by atoms with E-state index in [1.54, 1.807) is 12.3 Å². The van der Waals surface area contributed by atoms with Crippen LogP contribution in [0.5, 0.6) is 5.88 Å². The van der Waals surface area contributed by atoms with Crippen LogP contribution in [0.25, 0.3) is 6.20 Å². The fourth-order valence-corrected chi connectivity index (χ4v) is 6.58. The Balaban J connectivity index is 1.50. The molecule has 0 saturated heterocycles.